The summed E-state index contributed by atoms with van der Waals surface area (Å²) < 4.78 is 1.04. The fraction of sp³-hybridized carbons (Fsp3) is 0.250. The fourth-order valence-electron chi connectivity index (χ4n) is 1.25. The van der Waals surface area contributed by atoms with Gasteiger partial charge in [0.25, 0.3) is 0 Å². The van der Waals surface area contributed by atoms with Crippen LogP contribution in [-0.4, -0.2) is 6.54 Å². The SMILES string of the molecule is C#CCNC(C#N)c1ccc(Br)c(C)c1. The maximum absolute atomic E-state index is 8.97. The zero-order chi connectivity index (χ0) is 11.3. The molecule has 0 saturated heterocycles. The topological polar surface area (TPSA) is 35.8 Å². The van der Waals surface area contributed by atoms with Gasteiger partial charge in [-0.2, -0.15) is 5.26 Å². The van der Waals surface area contributed by atoms with Gasteiger partial charge in [0.15, 0.2) is 0 Å². The maximum atomic E-state index is 8.97. The molecule has 0 aliphatic rings. The Hall–Kier alpha value is -1.29. The van der Waals surface area contributed by atoms with Gasteiger partial charge in [0.05, 0.1) is 12.6 Å². The molecule has 15 heavy (non-hydrogen) atoms. The number of nitrogens with zero attached hydrogens (tertiary/aromatic N) is 1. The highest BCUT2D eigenvalue weighted by Gasteiger charge is 2.09. The average molecular weight is 263 g/mol. The smallest absolute Gasteiger partial charge is 0.122 e. The Morgan fingerprint density at radius 3 is 2.87 bits per heavy atom. The summed E-state index contributed by atoms with van der Waals surface area (Å²) in [5, 5.41) is 11.9. The number of aryl methyl sites for hydroxylation is 1. The molecule has 0 spiro atoms. The predicted octanol–water partition coefficient (Wildman–Crippen LogP) is 2.55. The van der Waals surface area contributed by atoms with Crippen LogP contribution in [0, 0.1) is 30.6 Å². The summed E-state index contributed by atoms with van der Waals surface area (Å²) in [6.07, 6.45) is 5.13. The van der Waals surface area contributed by atoms with Crippen LogP contribution in [0.1, 0.15) is 17.2 Å². The number of benzene rings is 1. The van der Waals surface area contributed by atoms with Crippen LogP contribution in [0.25, 0.3) is 0 Å². The summed E-state index contributed by atoms with van der Waals surface area (Å²) in [5.41, 5.74) is 2.05. The second-order valence-corrected chi connectivity index (χ2v) is 4.01. The van der Waals surface area contributed by atoms with Gasteiger partial charge in [-0.05, 0) is 24.1 Å². The van der Waals surface area contributed by atoms with E-state index in [-0.39, 0.29) is 6.04 Å². The van der Waals surface area contributed by atoms with E-state index in [1.165, 1.54) is 0 Å². The molecule has 0 aromatic heterocycles. The maximum Gasteiger partial charge on any atom is 0.122 e. The molecule has 1 unspecified atom stereocenters. The molecular formula is C12H11BrN2. The Balaban J connectivity index is 2.89. The minimum Gasteiger partial charge on any atom is -0.287 e. The second-order valence-electron chi connectivity index (χ2n) is 3.16. The molecule has 2 nitrogen and oxygen atoms in total. The molecule has 0 radical (unpaired) electrons. The molecule has 1 N–H and O–H groups in total. The van der Waals surface area contributed by atoms with Crippen LogP contribution in [-0.2, 0) is 0 Å². The first kappa shape index (κ1) is 11.8. The van der Waals surface area contributed by atoms with Gasteiger partial charge in [-0.1, -0.05) is 34.0 Å². The Bertz CT molecular complexity index is 426. The average Bonchev–Trinajstić information content (AvgIpc) is 2.24. The highest BCUT2D eigenvalue weighted by molar-refractivity contribution is 9.10. The lowest BCUT2D eigenvalue weighted by Crippen LogP contribution is -2.20. The van der Waals surface area contributed by atoms with E-state index in [9.17, 15) is 0 Å². The summed E-state index contributed by atoms with van der Waals surface area (Å²) in [5.74, 6) is 2.46. The Labute approximate surface area is 98.4 Å². The first-order valence-corrected chi connectivity index (χ1v) is 5.31. The third kappa shape index (κ3) is 3.09. The van der Waals surface area contributed by atoms with Crippen molar-refractivity contribution in [1.82, 2.24) is 5.32 Å². The van der Waals surface area contributed by atoms with E-state index < -0.39 is 0 Å². The van der Waals surface area contributed by atoms with Crippen molar-refractivity contribution in [2.45, 2.75) is 13.0 Å². The molecule has 0 bridgehead atoms. The van der Waals surface area contributed by atoms with Crippen LogP contribution < -0.4 is 5.32 Å². The van der Waals surface area contributed by atoms with E-state index in [0.717, 1.165) is 15.6 Å². The van der Waals surface area contributed by atoms with Crippen molar-refractivity contribution in [2.24, 2.45) is 0 Å². The van der Waals surface area contributed by atoms with Crippen molar-refractivity contribution in [3.63, 3.8) is 0 Å². The van der Waals surface area contributed by atoms with Crippen molar-refractivity contribution >= 4 is 15.9 Å². The largest absolute Gasteiger partial charge is 0.287 e. The highest BCUT2D eigenvalue weighted by atomic mass is 79.9. The first-order valence-electron chi connectivity index (χ1n) is 4.51. The van der Waals surface area contributed by atoms with Crippen LogP contribution in [0.15, 0.2) is 22.7 Å². The molecule has 0 aliphatic carbocycles. The molecule has 0 fully saturated rings. The zero-order valence-electron chi connectivity index (χ0n) is 8.42. The Morgan fingerprint density at radius 2 is 2.33 bits per heavy atom. The minimum absolute atomic E-state index is 0.340. The summed E-state index contributed by atoms with van der Waals surface area (Å²) in [6.45, 7) is 2.39. The number of hydrogen-bond acceptors (Lipinski definition) is 2. The van der Waals surface area contributed by atoms with E-state index in [2.05, 4.69) is 33.2 Å². The molecule has 1 aromatic carbocycles. The van der Waals surface area contributed by atoms with E-state index in [1.807, 2.05) is 25.1 Å². The van der Waals surface area contributed by atoms with Crippen LogP contribution in [0.2, 0.25) is 0 Å². The normalized spacial score (nSPS) is 11.5. The first-order chi connectivity index (χ1) is 7.19. The van der Waals surface area contributed by atoms with Gasteiger partial charge in [-0.3, -0.25) is 5.32 Å². The Morgan fingerprint density at radius 1 is 1.60 bits per heavy atom. The lowest BCUT2D eigenvalue weighted by atomic mass is 10.1. The van der Waals surface area contributed by atoms with Crippen LogP contribution in [0.4, 0.5) is 0 Å². The quantitative estimate of drug-likeness (QED) is 0.850. The van der Waals surface area contributed by atoms with Crippen molar-refractivity contribution in [3.8, 4) is 18.4 Å². The third-order valence-electron chi connectivity index (χ3n) is 2.05. The zero-order valence-corrected chi connectivity index (χ0v) is 10.0. The number of terminal acetylenes is 1. The standard InChI is InChI=1S/C12H11BrN2/c1-3-6-15-12(8-14)10-4-5-11(13)9(2)7-10/h1,4-5,7,12,15H,6H2,2H3. The predicted molar refractivity (Wildman–Crippen MR) is 64.1 cm³/mol. The van der Waals surface area contributed by atoms with Gasteiger partial charge in [-0.25, -0.2) is 0 Å². The molecule has 1 aromatic rings. The fourth-order valence-corrected chi connectivity index (χ4v) is 1.49. The molecule has 0 aliphatic heterocycles. The van der Waals surface area contributed by atoms with Crippen molar-refractivity contribution in [3.05, 3.63) is 33.8 Å². The van der Waals surface area contributed by atoms with E-state index >= 15 is 0 Å². The minimum atomic E-state index is -0.340. The molecule has 0 amide bonds. The third-order valence-corrected chi connectivity index (χ3v) is 2.94. The lowest BCUT2D eigenvalue weighted by Gasteiger charge is -2.10. The lowest BCUT2D eigenvalue weighted by molar-refractivity contribution is 0.690. The summed E-state index contributed by atoms with van der Waals surface area (Å²) in [6, 6.07) is 7.66. The Kier molecular flexibility index (Phi) is 4.37. The summed E-state index contributed by atoms with van der Waals surface area (Å²) in [7, 11) is 0. The van der Waals surface area contributed by atoms with Crippen molar-refractivity contribution < 1.29 is 0 Å². The van der Waals surface area contributed by atoms with Gasteiger partial charge >= 0.3 is 0 Å². The van der Waals surface area contributed by atoms with Crippen LogP contribution in [0.3, 0.4) is 0 Å². The van der Waals surface area contributed by atoms with Gasteiger partial charge in [-0.15, -0.1) is 6.42 Å². The van der Waals surface area contributed by atoms with Gasteiger partial charge in [0, 0.05) is 4.47 Å². The number of hydrogen-bond donors (Lipinski definition) is 1. The summed E-state index contributed by atoms with van der Waals surface area (Å²) >= 11 is 3.42. The van der Waals surface area contributed by atoms with Gasteiger partial charge in [0.1, 0.15) is 6.04 Å². The molecule has 3 heteroatoms. The van der Waals surface area contributed by atoms with Crippen molar-refractivity contribution in [1.29, 1.82) is 5.26 Å². The number of nitriles is 1. The van der Waals surface area contributed by atoms with Crippen molar-refractivity contribution in [2.75, 3.05) is 6.54 Å². The number of halogens is 1. The van der Waals surface area contributed by atoms with Gasteiger partial charge in [0.2, 0.25) is 0 Å². The van der Waals surface area contributed by atoms with E-state index in [1.54, 1.807) is 0 Å². The van der Waals surface area contributed by atoms with E-state index in [0.29, 0.717) is 6.54 Å². The molecule has 1 atom stereocenters. The van der Waals surface area contributed by atoms with E-state index in [4.69, 9.17) is 11.7 Å². The molecule has 0 saturated carbocycles. The number of nitrogens with one attached hydrogen (secondary N) is 1. The van der Waals surface area contributed by atoms with Gasteiger partial charge < -0.3 is 0 Å². The van der Waals surface area contributed by atoms with Crippen LogP contribution >= 0.6 is 15.9 Å². The molecule has 76 valence electrons. The molecule has 1 rings (SSSR count). The second kappa shape index (κ2) is 5.56. The monoisotopic (exact) mass is 262 g/mol. The van der Waals surface area contributed by atoms with Crippen LogP contribution in [0.5, 0.6) is 0 Å². The molecule has 0 heterocycles. The summed E-state index contributed by atoms with van der Waals surface area (Å²) in [4.78, 5) is 0. The number of rotatable bonds is 3. The molecular weight excluding hydrogens is 252 g/mol. The highest BCUT2D eigenvalue weighted by Crippen LogP contribution is 2.20.